The molecular formula is C11H18N4O. The van der Waals surface area contributed by atoms with Gasteiger partial charge in [-0.3, -0.25) is 0 Å². The van der Waals surface area contributed by atoms with Crippen molar-refractivity contribution in [3.63, 3.8) is 0 Å². The number of hydrogen-bond donors (Lipinski definition) is 3. The van der Waals surface area contributed by atoms with Crippen LogP contribution in [0, 0.1) is 13.8 Å². The highest BCUT2D eigenvalue weighted by molar-refractivity contribution is 5.75. The van der Waals surface area contributed by atoms with E-state index in [9.17, 15) is 0 Å². The van der Waals surface area contributed by atoms with E-state index in [1.54, 1.807) is 0 Å². The van der Waals surface area contributed by atoms with Crippen molar-refractivity contribution < 1.29 is 4.74 Å². The van der Waals surface area contributed by atoms with Crippen LogP contribution in [-0.2, 0) is 0 Å². The van der Waals surface area contributed by atoms with Crippen molar-refractivity contribution in [3.05, 3.63) is 29.3 Å². The van der Waals surface area contributed by atoms with Gasteiger partial charge in [0.2, 0.25) is 5.96 Å². The molecule has 0 amide bonds. The Balaban J connectivity index is 2.37. The number of hydrazone groups is 1. The zero-order chi connectivity index (χ0) is 12.0. The number of nitrogens with one attached hydrogen (secondary N) is 1. The average Bonchev–Trinajstić information content (AvgIpc) is 2.22. The first-order valence-corrected chi connectivity index (χ1v) is 5.11. The van der Waals surface area contributed by atoms with Crippen LogP contribution < -0.4 is 21.6 Å². The van der Waals surface area contributed by atoms with Gasteiger partial charge >= 0.3 is 0 Å². The van der Waals surface area contributed by atoms with Gasteiger partial charge in [0.25, 0.3) is 0 Å². The number of nitrogens with two attached hydrogens (primary N) is 2. The molecule has 0 aliphatic rings. The number of guanidine groups is 1. The van der Waals surface area contributed by atoms with Crippen molar-refractivity contribution in [1.29, 1.82) is 0 Å². The fourth-order valence-corrected chi connectivity index (χ4v) is 1.22. The van der Waals surface area contributed by atoms with Gasteiger partial charge in [0.1, 0.15) is 12.4 Å². The van der Waals surface area contributed by atoms with Crippen molar-refractivity contribution in [2.75, 3.05) is 13.2 Å². The number of rotatable bonds is 5. The second-order valence-electron chi connectivity index (χ2n) is 3.56. The lowest BCUT2D eigenvalue weighted by molar-refractivity contribution is 0.313. The first-order valence-electron chi connectivity index (χ1n) is 5.11. The molecule has 1 aromatic carbocycles. The van der Waals surface area contributed by atoms with Gasteiger partial charge in [-0.25, -0.2) is 0 Å². The Hall–Kier alpha value is -1.91. The summed E-state index contributed by atoms with van der Waals surface area (Å²) in [5, 5.41) is 3.64. The summed E-state index contributed by atoms with van der Waals surface area (Å²) in [5.41, 5.74) is 15.3. The Labute approximate surface area is 95.5 Å². The monoisotopic (exact) mass is 222 g/mol. The molecule has 5 heteroatoms. The lowest BCUT2D eigenvalue weighted by atomic mass is 10.1. The molecule has 0 saturated carbocycles. The predicted molar refractivity (Wildman–Crippen MR) is 65.2 cm³/mol. The smallest absolute Gasteiger partial charge is 0.208 e. The number of aryl methyl sites for hydroxylation is 2. The Morgan fingerprint density at radius 2 is 2.12 bits per heavy atom. The van der Waals surface area contributed by atoms with Crippen LogP contribution in [0.2, 0.25) is 0 Å². The Morgan fingerprint density at radius 3 is 2.81 bits per heavy atom. The molecule has 5 nitrogen and oxygen atoms in total. The molecular weight excluding hydrogens is 204 g/mol. The van der Waals surface area contributed by atoms with E-state index in [4.69, 9.17) is 16.2 Å². The molecule has 5 N–H and O–H groups in total. The van der Waals surface area contributed by atoms with E-state index in [0.29, 0.717) is 13.2 Å². The van der Waals surface area contributed by atoms with E-state index in [0.717, 1.165) is 11.3 Å². The van der Waals surface area contributed by atoms with E-state index in [1.165, 1.54) is 5.56 Å². The highest BCUT2D eigenvalue weighted by Gasteiger charge is 1.98. The van der Waals surface area contributed by atoms with E-state index >= 15 is 0 Å². The quantitative estimate of drug-likeness (QED) is 0.292. The summed E-state index contributed by atoms with van der Waals surface area (Å²) < 4.78 is 5.59. The van der Waals surface area contributed by atoms with Gasteiger partial charge in [0.05, 0.1) is 6.54 Å². The molecule has 0 aliphatic heterocycles. The molecule has 0 heterocycles. The van der Waals surface area contributed by atoms with Crippen LogP contribution in [0.15, 0.2) is 23.3 Å². The van der Waals surface area contributed by atoms with Crippen LogP contribution in [0.4, 0.5) is 0 Å². The highest BCUT2D eigenvalue weighted by Crippen LogP contribution is 2.18. The van der Waals surface area contributed by atoms with Crippen molar-refractivity contribution in [2.24, 2.45) is 16.6 Å². The summed E-state index contributed by atoms with van der Waals surface area (Å²) in [6, 6.07) is 6.10. The molecule has 0 saturated heterocycles. The van der Waals surface area contributed by atoms with Crippen molar-refractivity contribution in [2.45, 2.75) is 13.8 Å². The van der Waals surface area contributed by atoms with Crippen molar-refractivity contribution >= 4 is 5.96 Å². The minimum Gasteiger partial charge on any atom is -0.491 e. The van der Waals surface area contributed by atoms with Crippen LogP contribution in [-0.4, -0.2) is 19.1 Å². The van der Waals surface area contributed by atoms with E-state index in [-0.39, 0.29) is 5.96 Å². The second-order valence-corrected chi connectivity index (χ2v) is 3.56. The second kappa shape index (κ2) is 5.85. The van der Waals surface area contributed by atoms with E-state index < -0.39 is 0 Å². The summed E-state index contributed by atoms with van der Waals surface area (Å²) in [6.45, 7) is 5.12. The lowest BCUT2D eigenvalue weighted by Crippen LogP contribution is -2.27. The molecule has 0 bridgehead atoms. The fraction of sp³-hybridized carbons (Fsp3) is 0.364. The molecule has 0 aromatic heterocycles. The molecule has 0 fully saturated rings. The third kappa shape index (κ3) is 4.08. The van der Waals surface area contributed by atoms with Gasteiger partial charge in [0, 0.05) is 0 Å². The predicted octanol–water partition coefficient (Wildman–Crippen LogP) is 0.460. The van der Waals surface area contributed by atoms with Crippen LogP contribution in [0.1, 0.15) is 11.1 Å². The Bertz CT molecular complexity index is 372. The molecule has 0 aliphatic carbocycles. The summed E-state index contributed by atoms with van der Waals surface area (Å²) in [7, 11) is 0. The van der Waals surface area contributed by atoms with Crippen molar-refractivity contribution in [1.82, 2.24) is 5.43 Å². The number of ether oxygens (including phenoxy) is 1. The SMILES string of the molecule is Cc1ccc(C)c(OCCNN=C(N)N)c1. The maximum absolute atomic E-state index is 5.59. The zero-order valence-electron chi connectivity index (χ0n) is 9.66. The molecule has 16 heavy (non-hydrogen) atoms. The maximum Gasteiger partial charge on any atom is 0.208 e. The van der Waals surface area contributed by atoms with Gasteiger partial charge in [-0.1, -0.05) is 12.1 Å². The summed E-state index contributed by atoms with van der Waals surface area (Å²) in [4.78, 5) is 0. The Kier molecular flexibility index (Phi) is 4.44. The third-order valence-corrected chi connectivity index (χ3v) is 2.02. The fourth-order valence-electron chi connectivity index (χ4n) is 1.22. The summed E-state index contributed by atoms with van der Waals surface area (Å²) in [6.07, 6.45) is 0. The number of hydrogen-bond acceptors (Lipinski definition) is 3. The minimum atomic E-state index is 0.0201. The van der Waals surface area contributed by atoms with Gasteiger partial charge in [-0.05, 0) is 31.0 Å². The highest BCUT2D eigenvalue weighted by atomic mass is 16.5. The van der Waals surface area contributed by atoms with Crippen LogP contribution in [0.3, 0.4) is 0 Å². The molecule has 1 rings (SSSR count). The summed E-state index contributed by atoms with van der Waals surface area (Å²) >= 11 is 0. The summed E-state index contributed by atoms with van der Waals surface area (Å²) in [5.74, 6) is 0.915. The zero-order valence-corrected chi connectivity index (χ0v) is 9.66. The third-order valence-electron chi connectivity index (χ3n) is 2.02. The Morgan fingerprint density at radius 1 is 1.38 bits per heavy atom. The first-order chi connectivity index (χ1) is 7.59. The molecule has 0 unspecified atom stereocenters. The van der Waals surface area contributed by atoms with E-state index in [1.807, 2.05) is 26.0 Å². The van der Waals surface area contributed by atoms with Crippen molar-refractivity contribution in [3.8, 4) is 5.75 Å². The average molecular weight is 222 g/mol. The number of benzene rings is 1. The van der Waals surface area contributed by atoms with E-state index in [2.05, 4.69) is 16.6 Å². The van der Waals surface area contributed by atoms with Gasteiger partial charge in [-0.15, -0.1) is 5.10 Å². The van der Waals surface area contributed by atoms with Crippen LogP contribution in [0.5, 0.6) is 5.75 Å². The molecule has 0 atom stereocenters. The molecule has 0 spiro atoms. The van der Waals surface area contributed by atoms with Crippen LogP contribution >= 0.6 is 0 Å². The maximum atomic E-state index is 5.59. The lowest BCUT2D eigenvalue weighted by Gasteiger charge is -2.09. The van der Waals surface area contributed by atoms with Crippen LogP contribution in [0.25, 0.3) is 0 Å². The topological polar surface area (TPSA) is 85.7 Å². The molecule has 88 valence electrons. The normalized spacial score (nSPS) is 9.62. The van der Waals surface area contributed by atoms with Gasteiger partial charge in [-0.2, -0.15) is 0 Å². The minimum absolute atomic E-state index is 0.0201. The first kappa shape index (κ1) is 12.2. The van der Waals surface area contributed by atoms with Gasteiger partial charge < -0.3 is 21.6 Å². The standard InChI is InChI=1S/C11H18N4O/c1-8-3-4-9(2)10(7-8)16-6-5-14-15-11(12)13/h3-4,7,14H,5-6H2,1-2H3,(H4,12,13,15). The van der Waals surface area contributed by atoms with Gasteiger partial charge in [0.15, 0.2) is 0 Å². The number of nitrogens with zero attached hydrogens (tertiary/aromatic N) is 1. The molecule has 0 radical (unpaired) electrons. The molecule has 1 aromatic rings. The largest absolute Gasteiger partial charge is 0.491 e.